The van der Waals surface area contributed by atoms with Crippen LogP contribution in [-0.4, -0.2) is 65.3 Å². The lowest BCUT2D eigenvalue weighted by Gasteiger charge is -2.47. The zero-order chi connectivity index (χ0) is 28.7. The molecule has 0 bridgehead atoms. The fourth-order valence-electron chi connectivity index (χ4n) is 6.21. The molecule has 10 heteroatoms. The Balaban J connectivity index is 1.57. The number of piperidine rings is 1. The summed E-state index contributed by atoms with van der Waals surface area (Å²) in [6.07, 6.45) is 2.94. The molecule has 1 saturated carbocycles. The summed E-state index contributed by atoms with van der Waals surface area (Å²) in [4.78, 5) is 45.2. The smallest absolute Gasteiger partial charge is 0.410 e. The number of Topliss-reactive ketones (excluding diaryl/α,β-unsaturated/α-hetero) is 1. The molecule has 1 N–H and O–H groups in total. The van der Waals surface area contributed by atoms with Gasteiger partial charge in [0, 0.05) is 37.5 Å². The summed E-state index contributed by atoms with van der Waals surface area (Å²) in [5.41, 5.74) is -1.43. The summed E-state index contributed by atoms with van der Waals surface area (Å²) in [5, 5.41) is 3.21. The van der Waals surface area contributed by atoms with Crippen LogP contribution in [0, 0.1) is 17.0 Å². The maximum absolute atomic E-state index is 14.8. The first-order valence-electron chi connectivity index (χ1n) is 13.9. The van der Waals surface area contributed by atoms with E-state index in [1.165, 1.54) is 41.3 Å². The number of amides is 2. The van der Waals surface area contributed by atoms with Crippen molar-refractivity contribution in [1.82, 2.24) is 15.1 Å². The standard InChI is InChI=1S/C30H34ClF2N3O4/c1-3-36(28(39)40-21-10-8-20(32)9-11-21)30(18-34-17-22(30)19-7-12-23(31)24(33)16-19)27(38)35-15-5-4-6-25(35)26(37)29(2)13-14-29/h7-12,16,22,25,34H,3-6,13-15,17-18H2,1-2H3/t22-,25?,30+/m0/s1. The Kier molecular flexibility index (Phi) is 7.90. The average molecular weight is 574 g/mol. The van der Waals surface area contributed by atoms with Crippen molar-refractivity contribution in [2.45, 2.75) is 63.5 Å². The highest BCUT2D eigenvalue weighted by Gasteiger charge is 2.59. The van der Waals surface area contributed by atoms with E-state index in [1.807, 2.05) is 6.92 Å². The number of carbonyl (C=O) groups excluding carboxylic acids is 3. The van der Waals surface area contributed by atoms with Gasteiger partial charge in [0.2, 0.25) is 0 Å². The first kappa shape index (κ1) is 28.5. The molecule has 2 aliphatic heterocycles. The van der Waals surface area contributed by atoms with Gasteiger partial charge in [-0.25, -0.2) is 13.6 Å². The van der Waals surface area contributed by atoms with Gasteiger partial charge in [0.1, 0.15) is 22.9 Å². The van der Waals surface area contributed by atoms with Gasteiger partial charge in [0.05, 0.1) is 11.1 Å². The molecule has 3 atom stereocenters. The maximum atomic E-state index is 14.8. The minimum atomic E-state index is -1.51. The Morgan fingerprint density at radius 2 is 1.85 bits per heavy atom. The molecule has 40 heavy (non-hydrogen) atoms. The molecule has 2 saturated heterocycles. The highest BCUT2D eigenvalue weighted by atomic mass is 35.5. The minimum absolute atomic E-state index is 0.0472. The number of likely N-dealkylation sites (tertiary alicyclic amines) is 1. The molecular weight excluding hydrogens is 540 g/mol. The van der Waals surface area contributed by atoms with Crippen LogP contribution in [0.25, 0.3) is 0 Å². The molecule has 0 radical (unpaired) electrons. The van der Waals surface area contributed by atoms with Gasteiger partial charge in [-0.05, 0) is 81.0 Å². The van der Waals surface area contributed by atoms with E-state index in [-0.39, 0.29) is 42.1 Å². The van der Waals surface area contributed by atoms with Crippen molar-refractivity contribution < 1.29 is 27.9 Å². The van der Waals surface area contributed by atoms with E-state index in [1.54, 1.807) is 17.9 Å². The zero-order valence-electron chi connectivity index (χ0n) is 22.7. The zero-order valence-corrected chi connectivity index (χ0v) is 23.5. The Morgan fingerprint density at radius 3 is 2.50 bits per heavy atom. The predicted octanol–water partition coefficient (Wildman–Crippen LogP) is 5.32. The lowest BCUT2D eigenvalue weighted by Crippen LogP contribution is -2.68. The molecule has 214 valence electrons. The second kappa shape index (κ2) is 11.1. The van der Waals surface area contributed by atoms with Crippen molar-refractivity contribution in [3.63, 3.8) is 0 Å². The quantitative estimate of drug-likeness (QED) is 0.485. The molecule has 2 heterocycles. The van der Waals surface area contributed by atoms with Crippen LogP contribution in [0.4, 0.5) is 13.6 Å². The third-order valence-corrected chi connectivity index (χ3v) is 9.04. The van der Waals surface area contributed by atoms with E-state index >= 15 is 0 Å². The van der Waals surface area contributed by atoms with Crippen LogP contribution in [0.2, 0.25) is 5.02 Å². The average Bonchev–Trinajstić information content (AvgIpc) is 3.56. The predicted molar refractivity (Wildman–Crippen MR) is 146 cm³/mol. The number of benzene rings is 2. The molecule has 3 aliphatic rings. The van der Waals surface area contributed by atoms with E-state index in [2.05, 4.69) is 5.32 Å². The van der Waals surface area contributed by atoms with Crippen molar-refractivity contribution in [1.29, 1.82) is 0 Å². The van der Waals surface area contributed by atoms with Gasteiger partial charge in [-0.15, -0.1) is 0 Å². The van der Waals surface area contributed by atoms with E-state index in [4.69, 9.17) is 16.3 Å². The number of halogens is 3. The first-order chi connectivity index (χ1) is 19.1. The number of hydrogen-bond donors (Lipinski definition) is 1. The third-order valence-electron chi connectivity index (χ3n) is 8.73. The number of ketones is 1. The van der Waals surface area contributed by atoms with Crippen molar-refractivity contribution in [3.05, 3.63) is 64.7 Å². The van der Waals surface area contributed by atoms with Gasteiger partial charge in [-0.3, -0.25) is 14.5 Å². The molecule has 0 aromatic heterocycles. The van der Waals surface area contributed by atoms with Crippen molar-refractivity contribution >= 4 is 29.4 Å². The summed E-state index contributed by atoms with van der Waals surface area (Å²) in [6, 6.07) is 8.85. The molecule has 3 fully saturated rings. The van der Waals surface area contributed by atoms with Crippen LogP contribution in [0.3, 0.4) is 0 Å². The fraction of sp³-hybridized carbons (Fsp3) is 0.500. The van der Waals surface area contributed by atoms with Gasteiger partial charge >= 0.3 is 6.09 Å². The number of hydrogen-bond acceptors (Lipinski definition) is 5. The maximum Gasteiger partial charge on any atom is 0.416 e. The summed E-state index contributed by atoms with van der Waals surface area (Å²) in [7, 11) is 0. The number of nitrogens with one attached hydrogen (secondary N) is 1. The second-order valence-electron chi connectivity index (χ2n) is 11.3. The Bertz CT molecular complexity index is 1300. The Morgan fingerprint density at radius 1 is 1.12 bits per heavy atom. The van der Waals surface area contributed by atoms with E-state index in [9.17, 15) is 23.2 Å². The molecule has 2 aromatic carbocycles. The number of nitrogens with zero attached hydrogens (tertiary/aromatic N) is 2. The number of rotatable bonds is 7. The van der Waals surface area contributed by atoms with Crippen molar-refractivity contribution in [3.8, 4) is 5.75 Å². The molecule has 0 spiro atoms. The molecular formula is C30H34ClF2N3O4. The van der Waals surface area contributed by atoms with E-state index in [0.717, 1.165) is 25.7 Å². The fourth-order valence-corrected chi connectivity index (χ4v) is 6.33. The highest BCUT2D eigenvalue weighted by Crippen LogP contribution is 2.49. The van der Waals surface area contributed by atoms with Crippen LogP contribution < -0.4 is 10.1 Å². The molecule has 2 aromatic rings. The first-order valence-corrected chi connectivity index (χ1v) is 14.2. The van der Waals surface area contributed by atoms with Gasteiger partial charge in [0.15, 0.2) is 5.78 Å². The summed E-state index contributed by atoms with van der Waals surface area (Å²) in [6.45, 7) is 4.54. The van der Waals surface area contributed by atoms with Crippen molar-refractivity contribution in [2.75, 3.05) is 26.2 Å². The lowest BCUT2D eigenvalue weighted by molar-refractivity contribution is -0.152. The summed E-state index contributed by atoms with van der Waals surface area (Å²) < 4.78 is 33.8. The van der Waals surface area contributed by atoms with E-state index < -0.39 is 40.6 Å². The van der Waals surface area contributed by atoms with Crippen LogP contribution in [0.1, 0.15) is 57.4 Å². The third kappa shape index (κ3) is 5.09. The van der Waals surface area contributed by atoms with Gasteiger partial charge in [0.25, 0.3) is 5.91 Å². The minimum Gasteiger partial charge on any atom is -0.410 e. The molecule has 7 nitrogen and oxygen atoms in total. The summed E-state index contributed by atoms with van der Waals surface area (Å²) >= 11 is 5.97. The van der Waals surface area contributed by atoms with Crippen LogP contribution in [0.15, 0.2) is 42.5 Å². The van der Waals surface area contributed by atoms with E-state index in [0.29, 0.717) is 18.5 Å². The topological polar surface area (TPSA) is 79.0 Å². The monoisotopic (exact) mass is 573 g/mol. The van der Waals surface area contributed by atoms with Gasteiger partial charge < -0.3 is 15.0 Å². The van der Waals surface area contributed by atoms with Crippen LogP contribution >= 0.6 is 11.6 Å². The normalized spacial score (nSPS) is 25.4. The Labute approximate surface area is 237 Å². The molecule has 2 amide bonds. The molecule has 5 rings (SSSR count). The van der Waals surface area contributed by atoms with Crippen LogP contribution in [0.5, 0.6) is 5.75 Å². The second-order valence-corrected chi connectivity index (χ2v) is 11.7. The number of likely N-dealkylation sites (N-methyl/N-ethyl adjacent to an activating group) is 1. The SMILES string of the molecule is CCN(C(=O)Oc1ccc(F)cc1)[C@]1(C(=O)N2CCCCC2C(=O)C2(C)CC2)CNC[C@H]1c1ccc(Cl)c(F)c1. The van der Waals surface area contributed by atoms with Crippen molar-refractivity contribution in [2.24, 2.45) is 5.41 Å². The van der Waals surface area contributed by atoms with Gasteiger partial charge in [-0.2, -0.15) is 0 Å². The lowest BCUT2D eigenvalue weighted by atomic mass is 9.78. The highest BCUT2D eigenvalue weighted by molar-refractivity contribution is 6.30. The Hall–Kier alpha value is -3.04. The van der Waals surface area contributed by atoms with Gasteiger partial charge in [-0.1, -0.05) is 24.6 Å². The number of ether oxygens (including phenoxy) is 1. The number of carbonyl (C=O) groups is 3. The summed E-state index contributed by atoms with van der Waals surface area (Å²) in [5.74, 6) is -1.93. The molecule has 1 unspecified atom stereocenters. The molecule has 1 aliphatic carbocycles. The van der Waals surface area contributed by atoms with Crippen LogP contribution in [-0.2, 0) is 9.59 Å². The largest absolute Gasteiger partial charge is 0.416 e.